The Bertz CT molecular complexity index is 1070. The summed E-state index contributed by atoms with van der Waals surface area (Å²) in [5.41, 5.74) is 4.46. The number of fused-ring (bicyclic) bond motifs is 1. The summed E-state index contributed by atoms with van der Waals surface area (Å²) in [7, 11) is 0. The highest BCUT2D eigenvalue weighted by Crippen LogP contribution is 2.27. The molecule has 0 aliphatic carbocycles. The molecule has 0 saturated carbocycles. The predicted octanol–water partition coefficient (Wildman–Crippen LogP) is 6.24. The monoisotopic (exact) mass is 420 g/mol. The normalized spacial score (nSPS) is 11.0. The molecule has 0 atom stereocenters. The standard InChI is InChI=1S/C23H21BrN2O/c1-17-8-2-5-13-22(17)27-15-7-14-26-21-12-4-3-11-20(21)25-23(26)18-9-6-10-19(24)16-18/h2-6,8-13,16H,7,14-15H2,1H3. The molecule has 4 heteroatoms. The average Bonchev–Trinajstić information content (AvgIpc) is 3.05. The van der Waals surface area contributed by atoms with Crippen LogP contribution in [0, 0.1) is 6.92 Å². The number of ether oxygens (including phenoxy) is 1. The van der Waals surface area contributed by atoms with Gasteiger partial charge in [-0.15, -0.1) is 0 Å². The molecule has 0 bridgehead atoms. The molecule has 4 rings (SSSR count). The second-order valence-electron chi connectivity index (χ2n) is 6.55. The molecule has 0 spiro atoms. The molecule has 0 fully saturated rings. The second-order valence-corrected chi connectivity index (χ2v) is 7.47. The topological polar surface area (TPSA) is 27.1 Å². The van der Waals surface area contributed by atoms with Gasteiger partial charge in [-0.3, -0.25) is 0 Å². The first-order valence-corrected chi connectivity index (χ1v) is 9.91. The maximum absolute atomic E-state index is 5.97. The molecule has 3 nitrogen and oxygen atoms in total. The van der Waals surface area contributed by atoms with E-state index in [1.807, 2.05) is 36.4 Å². The summed E-state index contributed by atoms with van der Waals surface area (Å²) in [6, 6.07) is 24.7. The third-order valence-corrected chi connectivity index (χ3v) is 5.11. The van der Waals surface area contributed by atoms with Crippen LogP contribution in [-0.4, -0.2) is 16.2 Å². The van der Waals surface area contributed by atoms with Gasteiger partial charge in [-0.2, -0.15) is 0 Å². The molecule has 4 aromatic rings. The third-order valence-electron chi connectivity index (χ3n) is 4.61. The van der Waals surface area contributed by atoms with Gasteiger partial charge in [0.25, 0.3) is 0 Å². The number of benzene rings is 3. The van der Waals surface area contributed by atoms with Crippen LogP contribution in [0.25, 0.3) is 22.4 Å². The predicted molar refractivity (Wildman–Crippen MR) is 114 cm³/mol. The zero-order valence-corrected chi connectivity index (χ0v) is 16.8. The van der Waals surface area contributed by atoms with Crippen LogP contribution < -0.4 is 4.74 Å². The van der Waals surface area contributed by atoms with E-state index in [4.69, 9.17) is 9.72 Å². The highest BCUT2D eigenvalue weighted by atomic mass is 79.9. The van der Waals surface area contributed by atoms with E-state index in [2.05, 4.69) is 63.8 Å². The van der Waals surface area contributed by atoms with Gasteiger partial charge < -0.3 is 9.30 Å². The van der Waals surface area contributed by atoms with Crippen molar-refractivity contribution in [3.8, 4) is 17.1 Å². The van der Waals surface area contributed by atoms with Crippen LogP contribution in [-0.2, 0) is 6.54 Å². The van der Waals surface area contributed by atoms with Crippen molar-refractivity contribution in [2.75, 3.05) is 6.61 Å². The zero-order valence-electron chi connectivity index (χ0n) is 15.2. The minimum atomic E-state index is 0.676. The van der Waals surface area contributed by atoms with Crippen molar-refractivity contribution in [3.05, 3.63) is 82.8 Å². The summed E-state index contributed by atoms with van der Waals surface area (Å²) >= 11 is 3.57. The van der Waals surface area contributed by atoms with Gasteiger partial charge in [0.1, 0.15) is 11.6 Å². The molecule has 136 valence electrons. The van der Waals surface area contributed by atoms with Crippen LogP contribution in [0.3, 0.4) is 0 Å². The molecule has 0 aliphatic rings. The Balaban J connectivity index is 1.57. The van der Waals surface area contributed by atoms with Gasteiger partial charge in [-0.25, -0.2) is 4.98 Å². The van der Waals surface area contributed by atoms with E-state index in [9.17, 15) is 0 Å². The number of hydrogen-bond acceptors (Lipinski definition) is 2. The van der Waals surface area contributed by atoms with E-state index in [1.54, 1.807) is 0 Å². The molecule has 0 N–H and O–H groups in total. The lowest BCUT2D eigenvalue weighted by Gasteiger charge is -2.12. The van der Waals surface area contributed by atoms with Crippen molar-refractivity contribution in [2.24, 2.45) is 0 Å². The molecule has 0 aliphatic heterocycles. The molecule has 1 heterocycles. The Morgan fingerprint density at radius 1 is 0.963 bits per heavy atom. The van der Waals surface area contributed by atoms with Crippen LogP contribution in [0.15, 0.2) is 77.3 Å². The van der Waals surface area contributed by atoms with Gasteiger partial charge in [0, 0.05) is 16.6 Å². The van der Waals surface area contributed by atoms with Crippen molar-refractivity contribution >= 4 is 27.0 Å². The maximum atomic E-state index is 5.97. The maximum Gasteiger partial charge on any atom is 0.141 e. The van der Waals surface area contributed by atoms with E-state index < -0.39 is 0 Å². The number of para-hydroxylation sites is 3. The molecule has 0 unspecified atom stereocenters. The van der Waals surface area contributed by atoms with Crippen molar-refractivity contribution in [2.45, 2.75) is 19.9 Å². The summed E-state index contributed by atoms with van der Waals surface area (Å²) in [5, 5.41) is 0. The number of hydrogen-bond donors (Lipinski definition) is 0. The van der Waals surface area contributed by atoms with Crippen molar-refractivity contribution in [1.82, 2.24) is 9.55 Å². The van der Waals surface area contributed by atoms with E-state index in [-0.39, 0.29) is 0 Å². The van der Waals surface area contributed by atoms with Crippen molar-refractivity contribution in [1.29, 1.82) is 0 Å². The molecular weight excluding hydrogens is 400 g/mol. The van der Waals surface area contributed by atoms with E-state index >= 15 is 0 Å². The molecule has 0 amide bonds. The highest BCUT2D eigenvalue weighted by Gasteiger charge is 2.12. The van der Waals surface area contributed by atoms with Crippen LogP contribution in [0.1, 0.15) is 12.0 Å². The SMILES string of the molecule is Cc1ccccc1OCCCn1c(-c2cccc(Br)c2)nc2ccccc21. The lowest BCUT2D eigenvalue weighted by Crippen LogP contribution is -2.06. The number of aromatic nitrogens is 2. The Morgan fingerprint density at radius 3 is 2.63 bits per heavy atom. The highest BCUT2D eigenvalue weighted by molar-refractivity contribution is 9.10. The minimum absolute atomic E-state index is 0.676. The number of rotatable bonds is 6. The van der Waals surface area contributed by atoms with Gasteiger partial charge in [-0.05, 0) is 49.2 Å². The first-order valence-electron chi connectivity index (χ1n) is 9.12. The van der Waals surface area contributed by atoms with Crippen molar-refractivity contribution < 1.29 is 4.74 Å². The second kappa shape index (κ2) is 7.97. The zero-order chi connectivity index (χ0) is 18.6. The molecule has 1 aromatic heterocycles. The summed E-state index contributed by atoms with van der Waals surface area (Å²) in [5.74, 6) is 1.95. The fraction of sp³-hybridized carbons (Fsp3) is 0.174. The van der Waals surface area contributed by atoms with Crippen LogP contribution >= 0.6 is 15.9 Å². The molecule has 0 radical (unpaired) electrons. The quantitative estimate of drug-likeness (QED) is 0.345. The van der Waals surface area contributed by atoms with Gasteiger partial charge in [0.05, 0.1) is 17.6 Å². The minimum Gasteiger partial charge on any atom is -0.493 e. The number of aryl methyl sites for hydroxylation is 2. The fourth-order valence-corrected chi connectivity index (χ4v) is 3.67. The van der Waals surface area contributed by atoms with Crippen LogP contribution in [0.5, 0.6) is 5.75 Å². The lowest BCUT2D eigenvalue weighted by atomic mass is 10.2. The van der Waals surface area contributed by atoms with E-state index in [0.29, 0.717) is 6.61 Å². The van der Waals surface area contributed by atoms with Crippen LogP contribution in [0.4, 0.5) is 0 Å². The first-order chi connectivity index (χ1) is 13.2. The molecule has 27 heavy (non-hydrogen) atoms. The lowest BCUT2D eigenvalue weighted by molar-refractivity contribution is 0.301. The van der Waals surface area contributed by atoms with Gasteiger partial charge in [0.15, 0.2) is 0 Å². The first kappa shape index (κ1) is 17.8. The molecule has 0 saturated heterocycles. The van der Waals surface area contributed by atoms with Crippen molar-refractivity contribution in [3.63, 3.8) is 0 Å². The number of halogens is 1. The third kappa shape index (κ3) is 3.91. The smallest absolute Gasteiger partial charge is 0.141 e. The Kier molecular flexibility index (Phi) is 5.26. The van der Waals surface area contributed by atoms with E-state index in [1.165, 1.54) is 5.56 Å². The Labute approximate surface area is 167 Å². The summed E-state index contributed by atoms with van der Waals surface area (Å²) in [6.07, 6.45) is 0.912. The summed E-state index contributed by atoms with van der Waals surface area (Å²) in [6.45, 7) is 3.60. The van der Waals surface area contributed by atoms with E-state index in [0.717, 1.165) is 45.6 Å². The van der Waals surface area contributed by atoms with Gasteiger partial charge in [-0.1, -0.05) is 58.4 Å². The summed E-state index contributed by atoms with van der Waals surface area (Å²) < 4.78 is 9.32. The largest absolute Gasteiger partial charge is 0.493 e. The van der Waals surface area contributed by atoms with Gasteiger partial charge in [0.2, 0.25) is 0 Å². The number of imidazole rings is 1. The molecule has 3 aromatic carbocycles. The average molecular weight is 421 g/mol. The number of nitrogens with zero attached hydrogens (tertiary/aromatic N) is 2. The van der Waals surface area contributed by atoms with Crippen LogP contribution in [0.2, 0.25) is 0 Å². The molecular formula is C23H21BrN2O. The summed E-state index contributed by atoms with van der Waals surface area (Å²) in [4.78, 5) is 4.88. The fourth-order valence-electron chi connectivity index (χ4n) is 3.27. The Morgan fingerprint density at radius 2 is 1.78 bits per heavy atom. The van der Waals surface area contributed by atoms with Gasteiger partial charge >= 0.3 is 0 Å². The Hall–Kier alpha value is -2.59.